The van der Waals surface area contributed by atoms with Crippen molar-refractivity contribution in [3.05, 3.63) is 22.1 Å². The van der Waals surface area contributed by atoms with Gasteiger partial charge in [0.05, 0.1) is 5.69 Å². The highest BCUT2D eigenvalue weighted by atomic mass is 16.1. The molecule has 112 valence electrons. The van der Waals surface area contributed by atoms with Crippen molar-refractivity contribution in [2.24, 2.45) is 0 Å². The molecule has 1 aliphatic carbocycles. The smallest absolute Gasteiger partial charge is 0.276 e. The van der Waals surface area contributed by atoms with E-state index in [0.29, 0.717) is 11.7 Å². The van der Waals surface area contributed by atoms with Crippen molar-refractivity contribution in [3.8, 4) is 0 Å². The Bertz CT molecular complexity index is 511. The monoisotopic (exact) mass is 277 g/mol. The molecule has 1 heterocycles. The molecule has 4 nitrogen and oxygen atoms in total. The van der Waals surface area contributed by atoms with Crippen LogP contribution in [0, 0.1) is 6.92 Å². The highest BCUT2D eigenvalue weighted by molar-refractivity contribution is 5.67. The van der Waals surface area contributed by atoms with Gasteiger partial charge in [-0.05, 0) is 39.7 Å². The summed E-state index contributed by atoms with van der Waals surface area (Å²) in [4.78, 5) is 14.8. The Kier molecular flexibility index (Phi) is 4.73. The van der Waals surface area contributed by atoms with Gasteiger partial charge in [0.1, 0.15) is 5.69 Å². The number of hydrogen-bond donors (Lipinski definition) is 1. The van der Waals surface area contributed by atoms with Crippen LogP contribution in [0.5, 0.6) is 0 Å². The first kappa shape index (κ1) is 14.9. The van der Waals surface area contributed by atoms with Crippen LogP contribution in [0.25, 0.3) is 0 Å². The number of hydrogen-bond acceptors (Lipinski definition) is 3. The first-order valence-corrected chi connectivity index (χ1v) is 7.86. The first-order valence-electron chi connectivity index (χ1n) is 7.86. The van der Waals surface area contributed by atoms with Gasteiger partial charge in [-0.3, -0.25) is 4.79 Å². The van der Waals surface area contributed by atoms with E-state index in [2.05, 4.69) is 24.8 Å². The van der Waals surface area contributed by atoms with Crippen molar-refractivity contribution in [2.45, 2.75) is 58.9 Å². The van der Waals surface area contributed by atoms with E-state index in [-0.39, 0.29) is 5.56 Å². The molecule has 2 rings (SSSR count). The molecule has 1 aromatic rings. The molecule has 0 radical (unpaired) electrons. The van der Waals surface area contributed by atoms with Crippen LogP contribution in [0.3, 0.4) is 0 Å². The van der Waals surface area contributed by atoms with Crippen molar-refractivity contribution < 1.29 is 0 Å². The lowest BCUT2D eigenvalue weighted by Gasteiger charge is -2.29. The molecule has 1 aromatic heterocycles. The number of aryl methyl sites for hydroxylation is 1. The molecule has 4 heteroatoms. The molecular weight excluding hydrogens is 250 g/mol. The SMILES string of the molecule is CCN(CC)c1cc(C)n(C2CCCCC2)c(=O)c1N. The van der Waals surface area contributed by atoms with Crippen LogP contribution in [0.4, 0.5) is 11.4 Å². The summed E-state index contributed by atoms with van der Waals surface area (Å²) >= 11 is 0. The van der Waals surface area contributed by atoms with E-state index >= 15 is 0 Å². The maximum atomic E-state index is 12.7. The number of aromatic nitrogens is 1. The number of anilines is 2. The van der Waals surface area contributed by atoms with Gasteiger partial charge in [0, 0.05) is 24.8 Å². The first-order chi connectivity index (χ1) is 9.60. The summed E-state index contributed by atoms with van der Waals surface area (Å²) in [6.45, 7) is 7.94. The second kappa shape index (κ2) is 6.33. The third-order valence-electron chi connectivity index (χ3n) is 4.49. The summed E-state index contributed by atoms with van der Waals surface area (Å²) in [6.07, 6.45) is 5.93. The Hall–Kier alpha value is -1.45. The molecule has 0 bridgehead atoms. The van der Waals surface area contributed by atoms with Crippen LogP contribution >= 0.6 is 0 Å². The molecule has 2 N–H and O–H groups in total. The zero-order valence-electron chi connectivity index (χ0n) is 13.0. The molecular formula is C16H27N3O. The third kappa shape index (κ3) is 2.69. The van der Waals surface area contributed by atoms with Gasteiger partial charge < -0.3 is 15.2 Å². The van der Waals surface area contributed by atoms with Crippen LogP contribution < -0.4 is 16.2 Å². The average molecular weight is 277 g/mol. The van der Waals surface area contributed by atoms with Crippen molar-refractivity contribution in [3.63, 3.8) is 0 Å². The molecule has 0 amide bonds. The number of nitrogens with zero attached hydrogens (tertiary/aromatic N) is 2. The minimum absolute atomic E-state index is 0.00111. The summed E-state index contributed by atoms with van der Waals surface area (Å²) in [5.74, 6) is 0. The van der Waals surface area contributed by atoms with Gasteiger partial charge in [0.15, 0.2) is 0 Å². The van der Waals surface area contributed by atoms with Crippen molar-refractivity contribution >= 4 is 11.4 Å². The summed E-state index contributed by atoms with van der Waals surface area (Å²) in [7, 11) is 0. The Labute approximate surface area is 121 Å². The Morgan fingerprint density at radius 3 is 2.40 bits per heavy atom. The molecule has 0 saturated heterocycles. The van der Waals surface area contributed by atoms with E-state index in [9.17, 15) is 4.79 Å². The fourth-order valence-electron chi connectivity index (χ4n) is 3.36. The van der Waals surface area contributed by atoms with E-state index in [1.165, 1.54) is 19.3 Å². The van der Waals surface area contributed by atoms with E-state index in [4.69, 9.17) is 5.73 Å². The number of rotatable bonds is 4. The largest absolute Gasteiger partial charge is 0.393 e. The zero-order valence-corrected chi connectivity index (χ0v) is 13.0. The quantitative estimate of drug-likeness (QED) is 0.920. The molecule has 0 spiro atoms. The number of nitrogens with two attached hydrogens (primary N) is 1. The minimum Gasteiger partial charge on any atom is -0.393 e. The van der Waals surface area contributed by atoms with E-state index in [1.54, 1.807) is 0 Å². The molecule has 0 atom stereocenters. The molecule has 0 aliphatic heterocycles. The lowest BCUT2D eigenvalue weighted by molar-refractivity contribution is 0.342. The zero-order chi connectivity index (χ0) is 14.7. The predicted molar refractivity (Wildman–Crippen MR) is 85.5 cm³/mol. The summed E-state index contributed by atoms with van der Waals surface area (Å²) in [5.41, 5.74) is 8.48. The van der Waals surface area contributed by atoms with E-state index < -0.39 is 0 Å². The molecule has 20 heavy (non-hydrogen) atoms. The van der Waals surface area contributed by atoms with Crippen LogP contribution in [-0.4, -0.2) is 17.7 Å². The lowest BCUT2D eigenvalue weighted by atomic mass is 9.94. The second-order valence-electron chi connectivity index (χ2n) is 5.72. The van der Waals surface area contributed by atoms with Gasteiger partial charge in [-0.15, -0.1) is 0 Å². The van der Waals surface area contributed by atoms with Gasteiger partial charge in [-0.1, -0.05) is 19.3 Å². The van der Waals surface area contributed by atoms with E-state index in [0.717, 1.165) is 37.3 Å². The molecule has 1 aliphatic rings. The third-order valence-corrected chi connectivity index (χ3v) is 4.49. The Morgan fingerprint density at radius 1 is 1.25 bits per heavy atom. The van der Waals surface area contributed by atoms with Crippen LogP contribution in [0.15, 0.2) is 10.9 Å². The highest BCUT2D eigenvalue weighted by Gasteiger charge is 2.21. The second-order valence-corrected chi connectivity index (χ2v) is 5.72. The standard InChI is InChI=1S/C16H27N3O/c1-4-18(5-2)14-11-12(3)19(16(20)15(14)17)13-9-7-6-8-10-13/h11,13H,4-10,17H2,1-3H3. The summed E-state index contributed by atoms with van der Waals surface area (Å²) in [6, 6.07) is 2.42. The van der Waals surface area contributed by atoms with Gasteiger partial charge in [0.2, 0.25) is 0 Å². The maximum Gasteiger partial charge on any atom is 0.276 e. The normalized spacial score (nSPS) is 16.4. The summed E-state index contributed by atoms with van der Waals surface area (Å²) in [5, 5.41) is 0. The van der Waals surface area contributed by atoms with Gasteiger partial charge in [-0.25, -0.2) is 0 Å². The topological polar surface area (TPSA) is 51.3 Å². The molecule has 0 unspecified atom stereocenters. The van der Waals surface area contributed by atoms with Gasteiger partial charge in [-0.2, -0.15) is 0 Å². The summed E-state index contributed by atoms with van der Waals surface area (Å²) < 4.78 is 1.93. The molecule has 1 saturated carbocycles. The van der Waals surface area contributed by atoms with Gasteiger partial charge in [0.25, 0.3) is 5.56 Å². The van der Waals surface area contributed by atoms with Gasteiger partial charge >= 0.3 is 0 Å². The van der Waals surface area contributed by atoms with Crippen LogP contribution in [0.2, 0.25) is 0 Å². The van der Waals surface area contributed by atoms with Crippen molar-refractivity contribution in [1.29, 1.82) is 0 Å². The molecule has 0 aromatic carbocycles. The minimum atomic E-state index is -0.00111. The predicted octanol–water partition coefficient (Wildman–Crippen LogP) is 3.09. The van der Waals surface area contributed by atoms with E-state index in [1.807, 2.05) is 11.5 Å². The van der Waals surface area contributed by atoms with Crippen LogP contribution in [0.1, 0.15) is 57.7 Å². The van der Waals surface area contributed by atoms with Crippen molar-refractivity contribution in [2.75, 3.05) is 23.7 Å². The number of pyridine rings is 1. The Balaban J connectivity index is 2.46. The average Bonchev–Trinajstić information content (AvgIpc) is 2.46. The maximum absolute atomic E-state index is 12.7. The highest BCUT2D eigenvalue weighted by Crippen LogP contribution is 2.30. The van der Waals surface area contributed by atoms with Crippen molar-refractivity contribution in [1.82, 2.24) is 4.57 Å². The molecule has 1 fully saturated rings. The van der Waals surface area contributed by atoms with Crippen LogP contribution in [-0.2, 0) is 0 Å². The Morgan fingerprint density at radius 2 is 1.85 bits per heavy atom. The fraction of sp³-hybridized carbons (Fsp3) is 0.688. The number of nitrogen functional groups attached to an aromatic ring is 1. The fourth-order valence-corrected chi connectivity index (χ4v) is 3.36. The lowest BCUT2D eigenvalue weighted by Crippen LogP contribution is -2.33.